The molecule has 0 fully saturated rings. The van der Waals surface area contributed by atoms with E-state index >= 15 is 0 Å². The Bertz CT molecular complexity index is 1010. The predicted octanol–water partition coefficient (Wildman–Crippen LogP) is 3.00. The first kappa shape index (κ1) is 20.1. The molecular weight excluding hydrogens is 374 g/mol. The third-order valence-corrected chi connectivity index (χ3v) is 5.17. The number of aliphatic hydroxyl groups is 1. The van der Waals surface area contributed by atoms with Crippen LogP contribution in [0.3, 0.4) is 0 Å². The fourth-order valence-electron chi connectivity index (χ4n) is 3.05. The molecule has 1 aromatic carbocycles. The van der Waals surface area contributed by atoms with Crippen LogP contribution < -0.4 is 10.9 Å². The molecule has 148 valence electrons. The van der Waals surface area contributed by atoms with Gasteiger partial charge in [-0.1, -0.05) is 0 Å². The van der Waals surface area contributed by atoms with Crippen molar-refractivity contribution >= 4 is 28.2 Å². The van der Waals surface area contributed by atoms with Crippen LogP contribution in [0.25, 0.3) is 10.9 Å². The van der Waals surface area contributed by atoms with Crippen molar-refractivity contribution in [3.63, 3.8) is 0 Å². The number of nitrogens with zero attached hydrogens (tertiary/aromatic N) is 1. The second kappa shape index (κ2) is 9.03. The molecule has 7 heteroatoms. The number of aromatic amines is 1. The van der Waals surface area contributed by atoms with Gasteiger partial charge in [-0.25, -0.2) is 0 Å². The van der Waals surface area contributed by atoms with Crippen LogP contribution in [-0.4, -0.2) is 33.3 Å². The van der Waals surface area contributed by atoms with Gasteiger partial charge < -0.3 is 24.7 Å². The van der Waals surface area contributed by atoms with E-state index in [1.807, 2.05) is 36.1 Å². The molecule has 3 aromatic rings. The van der Waals surface area contributed by atoms with Gasteiger partial charge in [-0.3, -0.25) is 4.79 Å². The Morgan fingerprint density at radius 3 is 2.79 bits per heavy atom. The highest BCUT2D eigenvalue weighted by molar-refractivity contribution is 7.80. The smallest absolute Gasteiger partial charge is 0.253 e. The van der Waals surface area contributed by atoms with E-state index in [1.54, 1.807) is 6.26 Å². The molecule has 3 rings (SSSR count). The number of fused-ring (bicyclic) bond motifs is 1. The summed E-state index contributed by atoms with van der Waals surface area (Å²) >= 11 is 5.52. The average Bonchev–Trinajstić information content (AvgIpc) is 3.18. The van der Waals surface area contributed by atoms with E-state index in [4.69, 9.17) is 16.6 Å². The molecule has 0 aliphatic carbocycles. The van der Waals surface area contributed by atoms with Crippen molar-refractivity contribution in [3.05, 3.63) is 69.4 Å². The average molecular weight is 400 g/mol. The summed E-state index contributed by atoms with van der Waals surface area (Å²) in [6, 6.07) is 9.68. The summed E-state index contributed by atoms with van der Waals surface area (Å²) in [6.45, 7) is 5.52. The van der Waals surface area contributed by atoms with E-state index in [-0.39, 0.29) is 12.2 Å². The molecule has 3 N–H and O–H groups in total. The van der Waals surface area contributed by atoms with Crippen molar-refractivity contribution in [3.8, 4) is 0 Å². The lowest BCUT2D eigenvalue weighted by Crippen LogP contribution is -2.40. The Morgan fingerprint density at radius 2 is 2.07 bits per heavy atom. The molecule has 0 bridgehead atoms. The Balaban J connectivity index is 1.81. The van der Waals surface area contributed by atoms with E-state index in [1.165, 1.54) is 5.56 Å². The molecule has 0 atom stereocenters. The van der Waals surface area contributed by atoms with Crippen LogP contribution in [0.5, 0.6) is 0 Å². The minimum atomic E-state index is -0.126. The maximum Gasteiger partial charge on any atom is 0.253 e. The van der Waals surface area contributed by atoms with Crippen molar-refractivity contribution < 1.29 is 9.52 Å². The van der Waals surface area contributed by atoms with E-state index in [0.29, 0.717) is 36.7 Å². The number of H-pyrrole nitrogens is 1. The first-order valence-electron chi connectivity index (χ1n) is 9.27. The summed E-state index contributed by atoms with van der Waals surface area (Å²) in [7, 11) is 0. The zero-order valence-corrected chi connectivity index (χ0v) is 16.9. The van der Waals surface area contributed by atoms with Gasteiger partial charge in [0.05, 0.1) is 19.4 Å². The lowest BCUT2D eigenvalue weighted by Gasteiger charge is -2.25. The molecule has 0 saturated heterocycles. The van der Waals surface area contributed by atoms with Gasteiger partial charge in [-0.2, -0.15) is 0 Å². The first-order chi connectivity index (χ1) is 13.5. The standard InChI is InChI=1S/C21H25N3O3S/c1-14-9-16-11-17(20(26)23-19(16)10-15(14)2)13-24(6-4-7-25)21(28)22-12-18-5-3-8-27-18/h3,5,8-11,25H,4,6-7,12-13H2,1-2H3,(H,22,28)(H,23,26). The highest BCUT2D eigenvalue weighted by Crippen LogP contribution is 2.18. The molecule has 0 radical (unpaired) electrons. The number of benzene rings is 1. The first-order valence-corrected chi connectivity index (χ1v) is 9.68. The number of nitrogens with one attached hydrogen (secondary N) is 2. The maximum atomic E-state index is 12.6. The van der Waals surface area contributed by atoms with Crippen molar-refractivity contribution in [1.82, 2.24) is 15.2 Å². The molecule has 0 amide bonds. The molecule has 0 aliphatic rings. The molecule has 0 aliphatic heterocycles. The topological polar surface area (TPSA) is 81.5 Å². The molecule has 0 unspecified atom stereocenters. The molecule has 2 heterocycles. The Labute approximate surface area is 169 Å². The van der Waals surface area contributed by atoms with Gasteiger partial charge in [-0.05, 0) is 79.3 Å². The number of hydrogen-bond acceptors (Lipinski definition) is 4. The predicted molar refractivity (Wildman–Crippen MR) is 114 cm³/mol. The SMILES string of the molecule is Cc1cc2cc(CN(CCCO)C(=S)NCc3ccco3)c(=O)[nH]c2cc1C. The molecule has 2 aromatic heterocycles. The van der Waals surface area contributed by atoms with Crippen molar-refractivity contribution in [2.24, 2.45) is 0 Å². The van der Waals surface area contributed by atoms with Gasteiger partial charge in [0.1, 0.15) is 5.76 Å². The number of hydrogen-bond donors (Lipinski definition) is 3. The minimum absolute atomic E-state index is 0.0594. The zero-order chi connectivity index (χ0) is 20.1. The molecule has 6 nitrogen and oxygen atoms in total. The monoisotopic (exact) mass is 399 g/mol. The number of furan rings is 1. The van der Waals surface area contributed by atoms with Crippen molar-refractivity contribution in [2.75, 3.05) is 13.2 Å². The van der Waals surface area contributed by atoms with Gasteiger partial charge in [0, 0.05) is 24.2 Å². The molecule has 0 saturated carbocycles. The van der Waals surface area contributed by atoms with Crippen molar-refractivity contribution in [1.29, 1.82) is 0 Å². The summed E-state index contributed by atoms with van der Waals surface area (Å²) < 4.78 is 5.32. The number of thiocarbonyl (C=S) groups is 1. The van der Waals surface area contributed by atoms with Crippen LogP contribution in [0.4, 0.5) is 0 Å². The summed E-state index contributed by atoms with van der Waals surface area (Å²) in [6.07, 6.45) is 2.17. The summed E-state index contributed by atoms with van der Waals surface area (Å²) in [4.78, 5) is 17.5. The number of pyridine rings is 1. The minimum Gasteiger partial charge on any atom is -0.467 e. The Morgan fingerprint density at radius 1 is 1.29 bits per heavy atom. The second-order valence-corrected chi connectivity index (χ2v) is 7.27. The summed E-state index contributed by atoms with van der Waals surface area (Å²) in [5.74, 6) is 0.777. The molecule has 28 heavy (non-hydrogen) atoms. The number of aromatic nitrogens is 1. The Kier molecular flexibility index (Phi) is 6.49. The second-order valence-electron chi connectivity index (χ2n) is 6.88. The number of aryl methyl sites for hydroxylation is 2. The fourth-order valence-corrected chi connectivity index (χ4v) is 3.27. The van der Waals surface area contributed by atoms with Crippen LogP contribution >= 0.6 is 12.2 Å². The lowest BCUT2D eigenvalue weighted by molar-refractivity contribution is 0.264. The van der Waals surface area contributed by atoms with E-state index in [2.05, 4.69) is 23.3 Å². The molecular formula is C21H25N3O3S. The van der Waals surface area contributed by atoms with E-state index in [9.17, 15) is 9.90 Å². The van der Waals surface area contributed by atoms with Gasteiger partial charge in [0.2, 0.25) is 0 Å². The summed E-state index contributed by atoms with van der Waals surface area (Å²) in [5.41, 5.74) is 3.66. The number of aliphatic hydroxyl groups excluding tert-OH is 1. The Hall–Kier alpha value is -2.64. The molecule has 0 spiro atoms. The third-order valence-electron chi connectivity index (χ3n) is 4.76. The highest BCUT2D eigenvalue weighted by atomic mass is 32.1. The van der Waals surface area contributed by atoms with Crippen LogP contribution in [-0.2, 0) is 13.1 Å². The highest BCUT2D eigenvalue weighted by Gasteiger charge is 2.14. The summed E-state index contributed by atoms with van der Waals surface area (Å²) in [5, 5.41) is 13.9. The van der Waals surface area contributed by atoms with Gasteiger partial charge in [0.15, 0.2) is 5.11 Å². The normalized spacial score (nSPS) is 11.0. The quantitative estimate of drug-likeness (QED) is 0.530. The van der Waals surface area contributed by atoms with E-state index < -0.39 is 0 Å². The maximum absolute atomic E-state index is 12.6. The van der Waals surface area contributed by atoms with Crippen LogP contribution in [0.2, 0.25) is 0 Å². The van der Waals surface area contributed by atoms with Gasteiger partial charge >= 0.3 is 0 Å². The lowest BCUT2D eigenvalue weighted by atomic mass is 10.0. The fraction of sp³-hybridized carbons (Fsp3) is 0.333. The third kappa shape index (κ3) is 4.79. The van der Waals surface area contributed by atoms with Crippen LogP contribution in [0.15, 0.2) is 45.8 Å². The van der Waals surface area contributed by atoms with Crippen LogP contribution in [0, 0.1) is 13.8 Å². The van der Waals surface area contributed by atoms with Gasteiger partial charge in [-0.15, -0.1) is 0 Å². The van der Waals surface area contributed by atoms with Gasteiger partial charge in [0.25, 0.3) is 5.56 Å². The zero-order valence-electron chi connectivity index (χ0n) is 16.1. The largest absolute Gasteiger partial charge is 0.467 e. The van der Waals surface area contributed by atoms with Crippen LogP contribution in [0.1, 0.15) is 28.9 Å². The number of rotatable bonds is 7. The van der Waals surface area contributed by atoms with E-state index in [0.717, 1.165) is 22.2 Å². The van der Waals surface area contributed by atoms with Crippen molar-refractivity contribution in [2.45, 2.75) is 33.4 Å².